The molecule has 4 nitrogen and oxygen atoms in total. The molecule has 116 valence electrons. The van der Waals surface area contributed by atoms with Gasteiger partial charge in [0.2, 0.25) is 5.91 Å². The second-order valence-corrected chi connectivity index (χ2v) is 6.04. The van der Waals surface area contributed by atoms with Gasteiger partial charge in [-0.15, -0.1) is 0 Å². The number of nitrogens with zero attached hydrogens (tertiary/aromatic N) is 2. The first-order valence-electron chi connectivity index (χ1n) is 7.74. The summed E-state index contributed by atoms with van der Waals surface area (Å²) in [5.41, 5.74) is 9.46. The van der Waals surface area contributed by atoms with Gasteiger partial charge in [-0.05, 0) is 42.7 Å². The molecule has 0 fully saturated rings. The van der Waals surface area contributed by atoms with E-state index >= 15 is 0 Å². The van der Waals surface area contributed by atoms with Gasteiger partial charge < -0.3 is 10.6 Å². The lowest BCUT2D eigenvalue weighted by atomic mass is 9.85. The number of anilines is 1. The van der Waals surface area contributed by atoms with E-state index in [2.05, 4.69) is 17.9 Å². The first-order chi connectivity index (χ1) is 11.1. The monoisotopic (exact) mass is 305 g/mol. The topological polar surface area (TPSA) is 70.1 Å². The van der Waals surface area contributed by atoms with E-state index in [9.17, 15) is 4.79 Å². The molecular formula is C19H19N3O. The SMILES string of the molecule is CC1CC(C(N)=O)c2ccccc2N1Cc1ccc(C#N)cc1. The number of rotatable bonds is 3. The number of nitriles is 1. The maximum absolute atomic E-state index is 11.8. The minimum atomic E-state index is -0.262. The Morgan fingerprint density at radius 3 is 2.61 bits per heavy atom. The molecule has 3 rings (SSSR count). The minimum Gasteiger partial charge on any atom is -0.369 e. The van der Waals surface area contributed by atoms with Crippen molar-refractivity contribution in [3.05, 3.63) is 65.2 Å². The van der Waals surface area contributed by atoms with Crippen molar-refractivity contribution < 1.29 is 4.79 Å². The Morgan fingerprint density at radius 1 is 1.26 bits per heavy atom. The van der Waals surface area contributed by atoms with Crippen LogP contribution in [0.25, 0.3) is 0 Å². The molecule has 0 radical (unpaired) electrons. The normalized spacial score (nSPS) is 19.7. The maximum Gasteiger partial charge on any atom is 0.225 e. The smallest absolute Gasteiger partial charge is 0.225 e. The van der Waals surface area contributed by atoms with Crippen molar-refractivity contribution in [2.75, 3.05) is 4.90 Å². The Hall–Kier alpha value is -2.80. The van der Waals surface area contributed by atoms with Crippen LogP contribution in [0.15, 0.2) is 48.5 Å². The fraction of sp³-hybridized carbons (Fsp3) is 0.263. The lowest BCUT2D eigenvalue weighted by molar-refractivity contribution is -0.119. The number of primary amides is 1. The summed E-state index contributed by atoms with van der Waals surface area (Å²) in [6.45, 7) is 2.87. The molecule has 23 heavy (non-hydrogen) atoms. The molecule has 2 unspecified atom stereocenters. The van der Waals surface area contributed by atoms with Gasteiger partial charge >= 0.3 is 0 Å². The fourth-order valence-corrected chi connectivity index (χ4v) is 3.27. The van der Waals surface area contributed by atoms with E-state index in [1.165, 1.54) is 0 Å². The molecule has 0 aliphatic carbocycles. The first-order valence-corrected chi connectivity index (χ1v) is 7.74. The fourth-order valence-electron chi connectivity index (χ4n) is 3.27. The highest BCUT2D eigenvalue weighted by atomic mass is 16.1. The molecule has 1 amide bonds. The maximum atomic E-state index is 11.8. The molecule has 0 saturated heterocycles. The van der Waals surface area contributed by atoms with Crippen LogP contribution >= 0.6 is 0 Å². The second kappa shape index (κ2) is 6.13. The number of benzene rings is 2. The van der Waals surface area contributed by atoms with Crippen LogP contribution in [0.4, 0.5) is 5.69 Å². The summed E-state index contributed by atoms with van der Waals surface area (Å²) in [6, 6.07) is 18.0. The lowest BCUT2D eigenvalue weighted by Crippen LogP contribution is -2.41. The molecule has 0 spiro atoms. The third-order valence-corrected chi connectivity index (χ3v) is 4.51. The average molecular weight is 305 g/mol. The van der Waals surface area contributed by atoms with E-state index in [4.69, 9.17) is 11.0 Å². The molecule has 1 aliphatic rings. The van der Waals surface area contributed by atoms with Crippen molar-refractivity contribution >= 4 is 11.6 Å². The van der Waals surface area contributed by atoms with E-state index in [1.807, 2.05) is 48.5 Å². The van der Waals surface area contributed by atoms with Crippen molar-refractivity contribution in [1.29, 1.82) is 5.26 Å². The largest absolute Gasteiger partial charge is 0.369 e. The zero-order valence-corrected chi connectivity index (χ0v) is 13.1. The molecule has 2 atom stereocenters. The lowest BCUT2D eigenvalue weighted by Gasteiger charge is -2.40. The molecular weight excluding hydrogens is 286 g/mol. The number of para-hydroxylation sites is 1. The summed E-state index contributed by atoms with van der Waals surface area (Å²) in [7, 11) is 0. The molecule has 1 heterocycles. The summed E-state index contributed by atoms with van der Waals surface area (Å²) in [6.07, 6.45) is 0.725. The van der Waals surface area contributed by atoms with E-state index in [0.717, 1.165) is 29.8 Å². The quantitative estimate of drug-likeness (QED) is 0.947. The van der Waals surface area contributed by atoms with Crippen LogP contribution in [0, 0.1) is 11.3 Å². The van der Waals surface area contributed by atoms with Crippen LogP contribution in [0.5, 0.6) is 0 Å². The van der Waals surface area contributed by atoms with Crippen molar-refractivity contribution in [1.82, 2.24) is 0 Å². The van der Waals surface area contributed by atoms with Crippen molar-refractivity contribution in [2.24, 2.45) is 5.73 Å². The van der Waals surface area contributed by atoms with Crippen LogP contribution < -0.4 is 10.6 Å². The standard InChI is InChI=1S/C19H19N3O/c1-13-10-17(19(21)23)16-4-2-3-5-18(16)22(13)12-15-8-6-14(11-20)7-9-15/h2-9,13,17H,10,12H2,1H3,(H2,21,23). The number of carbonyl (C=O) groups is 1. The molecule has 0 saturated carbocycles. The summed E-state index contributed by atoms with van der Waals surface area (Å²) in [5.74, 6) is -0.485. The van der Waals surface area contributed by atoms with Gasteiger partial charge in [-0.2, -0.15) is 5.26 Å². The zero-order chi connectivity index (χ0) is 16.4. The Balaban J connectivity index is 1.93. The van der Waals surface area contributed by atoms with Crippen LogP contribution in [0.3, 0.4) is 0 Å². The predicted octanol–water partition coefficient (Wildman–Crippen LogP) is 2.93. The molecule has 0 aromatic heterocycles. The average Bonchev–Trinajstić information content (AvgIpc) is 2.57. The van der Waals surface area contributed by atoms with Gasteiger partial charge in [0, 0.05) is 18.3 Å². The van der Waals surface area contributed by atoms with Gasteiger partial charge in [0.05, 0.1) is 17.6 Å². The number of fused-ring (bicyclic) bond motifs is 1. The van der Waals surface area contributed by atoms with Gasteiger partial charge in [-0.25, -0.2) is 0 Å². The number of nitrogens with two attached hydrogens (primary N) is 1. The third-order valence-electron chi connectivity index (χ3n) is 4.51. The Kier molecular flexibility index (Phi) is 4.03. The van der Waals surface area contributed by atoms with E-state index < -0.39 is 0 Å². The molecule has 1 aliphatic heterocycles. The Labute approximate surface area is 136 Å². The number of hydrogen-bond acceptors (Lipinski definition) is 3. The van der Waals surface area contributed by atoms with E-state index in [1.54, 1.807) is 0 Å². The van der Waals surface area contributed by atoms with Gasteiger partial charge in [0.15, 0.2) is 0 Å². The highest BCUT2D eigenvalue weighted by Crippen LogP contribution is 2.38. The van der Waals surface area contributed by atoms with E-state index in [-0.39, 0.29) is 17.9 Å². The molecule has 2 N–H and O–H groups in total. The van der Waals surface area contributed by atoms with Crippen LogP contribution in [-0.4, -0.2) is 11.9 Å². The van der Waals surface area contributed by atoms with Crippen molar-refractivity contribution in [2.45, 2.75) is 31.8 Å². The van der Waals surface area contributed by atoms with Gasteiger partial charge in [0.1, 0.15) is 0 Å². The van der Waals surface area contributed by atoms with Gasteiger partial charge in [0.25, 0.3) is 0 Å². The summed E-state index contributed by atoms with van der Waals surface area (Å²) >= 11 is 0. The minimum absolute atomic E-state index is 0.220. The first kappa shape index (κ1) is 15.1. The Bertz CT molecular complexity index is 761. The van der Waals surface area contributed by atoms with Gasteiger partial charge in [-0.1, -0.05) is 30.3 Å². The number of carbonyl (C=O) groups excluding carboxylic acids is 1. The van der Waals surface area contributed by atoms with Crippen LogP contribution in [0.2, 0.25) is 0 Å². The number of hydrogen-bond donors (Lipinski definition) is 1. The Morgan fingerprint density at radius 2 is 1.96 bits per heavy atom. The van der Waals surface area contributed by atoms with Crippen LogP contribution in [-0.2, 0) is 11.3 Å². The van der Waals surface area contributed by atoms with Crippen molar-refractivity contribution in [3.8, 4) is 6.07 Å². The summed E-state index contributed by atoms with van der Waals surface area (Å²) < 4.78 is 0. The predicted molar refractivity (Wildman–Crippen MR) is 89.8 cm³/mol. The summed E-state index contributed by atoms with van der Waals surface area (Å²) in [4.78, 5) is 14.1. The number of amides is 1. The molecule has 2 aromatic carbocycles. The second-order valence-electron chi connectivity index (χ2n) is 6.04. The molecule has 2 aromatic rings. The zero-order valence-electron chi connectivity index (χ0n) is 13.1. The van der Waals surface area contributed by atoms with Gasteiger partial charge in [-0.3, -0.25) is 4.79 Å². The third kappa shape index (κ3) is 2.91. The summed E-state index contributed by atoms with van der Waals surface area (Å²) in [5, 5.41) is 8.90. The highest BCUT2D eigenvalue weighted by Gasteiger charge is 2.32. The van der Waals surface area contributed by atoms with E-state index in [0.29, 0.717) is 5.56 Å². The van der Waals surface area contributed by atoms with Crippen LogP contribution in [0.1, 0.15) is 36.0 Å². The highest BCUT2D eigenvalue weighted by molar-refractivity contribution is 5.85. The molecule has 4 heteroatoms. The van der Waals surface area contributed by atoms with Crippen molar-refractivity contribution in [3.63, 3.8) is 0 Å². The molecule has 0 bridgehead atoms.